The second-order valence-corrected chi connectivity index (χ2v) is 7.48. The van der Waals surface area contributed by atoms with Crippen molar-refractivity contribution in [1.29, 1.82) is 0 Å². The first-order chi connectivity index (χ1) is 14.4. The average Bonchev–Trinajstić information content (AvgIpc) is 2.76. The summed E-state index contributed by atoms with van der Waals surface area (Å²) in [6, 6.07) is 16.8. The van der Waals surface area contributed by atoms with Gasteiger partial charge in [-0.25, -0.2) is 4.79 Å². The molecule has 0 aliphatic carbocycles. The third kappa shape index (κ3) is 4.86. The molecule has 1 unspecified atom stereocenters. The third-order valence-electron chi connectivity index (χ3n) is 5.15. The number of nitrogens with one attached hydrogen (secondary N) is 2. The Bertz CT molecular complexity index is 988. The molecule has 2 N–H and O–H groups in total. The topological polar surface area (TPSA) is 70.7 Å². The van der Waals surface area contributed by atoms with Gasteiger partial charge in [0, 0.05) is 24.9 Å². The maximum Gasteiger partial charge on any atom is 0.337 e. The molecule has 0 spiro atoms. The van der Waals surface area contributed by atoms with Crippen molar-refractivity contribution >= 4 is 34.9 Å². The Morgan fingerprint density at radius 2 is 1.90 bits per heavy atom. The van der Waals surface area contributed by atoms with E-state index in [0.29, 0.717) is 29.2 Å². The van der Waals surface area contributed by atoms with Crippen molar-refractivity contribution < 1.29 is 14.3 Å². The highest BCUT2D eigenvalue weighted by atomic mass is 32.1. The molecule has 0 radical (unpaired) electrons. The highest BCUT2D eigenvalue weighted by Crippen LogP contribution is 2.31. The molecule has 30 heavy (non-hydrogen) atoms. The predicted octanol–water partition coefficient (Wildman–Crippen LogP) is 3.57. The SMILES string of the molecule is COC(=O)C1=C(C)N(C)C(=S)NC1c1cccc(NC(=O)CCc2ccccc2)c1. The number of nitrogens with zero attached hydrogens (tertiary/aromatic N) is 1. The maximum atomic E-state index is 12.4. The molecule has 2 aromatic carbocycles. The monoisotopic (exact) mass is 423 g/mol. The van der Waals surface area contributed by atoms with Gasteiger partial charge in [0.15, 0.2) is 5.11 Å². The average molecular weight is 424 g/mol. The molecular weight excluding hydrogens is 398 g/mol. The number of benzene rings is 2. The van der Waals surface area contributed by atoms with Crippen LogP contribution in [0.3, 0.4) is 0 Å². The summed E-state index contributed by atoms with van der Waals surface area (Å²) < 4.78 is 4.99. The highest BCUT2D eigenvalue weighted by Gasteiger charge is 2.33. The minimum atomic E-state index is -0.456. The van der Waals surface area contributed by atoms with Crippen LogP contribution in [0.25, 0.3) is 0 Å². The van der Waals surface area contributed by atoms with Crippen molar-refractivity contribution in [2.45, 2.75) is 25.8 Å². The Morgan fingerprint density at radius 1 is 1.17 bits per heavy atom. The van der Waals surface area contributed by atoms with E-state index >= 15 is 0 Å². The van der Waals surface area contributed by atoms with Gasteiger partial charge in [0.25, 0.3) is 0 Å². The molecule has 1 atom stereocenters. The summed E-state index contributed by atoms with van der Waals surface area (Å²) >= 11 is 5.40. The van der Waals surface area contributed by atoms with E-state index in [9.17, 15) is 9.59 Å². The summed E-state index contributed by atoms with van der Waals surface area (Å²) in [4.78, 5) is 26.6. The zero-order chi connectivity index (χ0) is 21.7. The fourth-order valence-electron chi connectivity index (χ4n) is 3.38. The van der Waals surface area contributed by atoms with Crippen LogP contribution in [0.2, 0.25) is 0 Å². The summed E-state index contributed by atoms with van der Waals surface area (Å²) in [7, 11) is 3.16. The van der Waals surface area contributed by atoms with Gasteiger partial charge in [0.2, 0.25) is 5.91 Å². The zero-order valence-corrected chi connectivity index (χ0v) is 18.1. The lowest BCUT2D eigenvalue weighted by molar-refractivity contribution is -0.136. The number of anilines is 1. The lowest BCUT2D eigenvalue weighted by atomic mass is 9.95. The summed E-state index contributed by atoms with van der Waals surface area (Å²) in [5, 5.41) is 6.65. The number of carbonyl (C=O) groups excluding carboxylic acids is 2. The molecule has 0 aromatic heterocycles. The summed E-state index contributed by atoms with van der Waals surface area (Å²) in [5.74, 6) is -0.487. The van der Waals surface area contributed by atoms with E-state index in [1.807, 2.05) is 61.5 Å². The molecule has 1 amide bonds. The van der Waals surface area contributed by atoms with Crippen molar-refractivity contribution in [2.24, 2.45) is 0 Å². The van der Waals surface area contributed by atoms with Crippen molar-refractivity contribution in [2.75, 3.05) is 19.5 Å². The smallest absolute Gasteiger partial charge is 0.337 e. The largest absolute Gasteiger partial charge is 0.466 e. The molecule has 2 aromatic rings. The Labute approximate surface area is 181 Å². The fraction of sp³-hybridized carbons (Fsp3) is 0.261. The second-order valence-electron chi connectivity index (χ2n) is 7.09. The van der Waals surface area contributed by atoms with E-state index < -0.39 is 12.0 Å². The Kier molecular flexibility index (Phi) is 6.84. The number of rotatable bonds is 6. The van der Waals surface area contributed by atoms with Crippen LogP contribution in [0.4, 0.5) is 5.69 Å². The molecular formula is C23H25N3O3S. The molecule has 7 heteroatoms. The van der Waals surface area contributed by atoms with Crippen molar-refractivity contribution in [3.63, 3.8) is 0 Å². The molecule has 6 nitrogen and oxygen atoms in total. The molecule has 3 rings (SSSR count). The van der Waals surface area contributed by atoms with Crippen molar-refractivity contribution in [3.8, 4) is 0 Å². The van der Waals surface area contributed by atoms with Crippen LogP contribution >= 0.6 is 12.2 Å². The molecule has 0 fully saturated rings. The van der Waals surface area contributed by atoms with Gasteiger partial charge in [-0.05, 0) is 48.8 Å². The van der Waals surface area contributed by atoms with E-state index in [0.717, 1.165) is 16.8 Å². The van der Waals surface area contributed by atoms with Crippen molar-refractivity contribution in [3.05, 3.63) is 77.0 Å². The van der Waals surface area contributed by atoms with Crippen LogP contribution in [0.1, 0.15) is 30.5 Å². The van der Waals surface area contributed by atoms with E-state index in [1.54, 1.807) is 11.9 Å². The first-order valence-electron chi connectivity index (χ1n) is 9.67. The van der Waals surface area contributed by atoms with Gasteiger partial charge in [-0.1, -0.05) is 42.5 Å². The van der Waals surface area contributed by atoms with Crippen LogP contribution in [0.5, 0.6) is 0 Å². The predicted molar refractivity (Wildman–Crippen MR) is 121 cm³/mol. The van der Waals surface area contributed by atoms with Crippen LogP contribution in [0, 0.1) is 0 Å². The zero-order valence-electron chi connectivity index (χ0n) is 17.3. The van der Waals surface area contributed by atoms with Gasteiger partial charge in [-0.15, -0.1) is 0 Å². The van der Waals surface area contributed by atoms with Gasteiger partial charge < -0.3 is 20.3 Å². The van der Waals surface area contributed by atoms with Crippen LogP contribution in [-0.4, -0.2) is 36.0 Å². The lowest BCUT2D eigenvalue weighted by Gasteiger charge is -2.35. The highest BCUT2D eigenvalue weighted by molar-refractivity contribution is 7.80. The summed E-state index contributed by atoms with van der Waals surface area (Å²) in [5.41, 5.74) is 3.81. The molecule has 1 aliphatic heterocycles. The quantitative estimate of drug-likeness (QED) is 0.547. The number of hydrogen-bond acceptors (Lipinski definition) is 4. The molecule has 156 valence electrons. The Balaban J connectivity index is 1.77. The van der Waals surface area contributed by atoms with E-state index in [1.165, 1.54) is 7.11 Å². The van der Waals surface area contributed by atoms with Crippen LogP contribution in [-0.2, 0) is 20.7 Å². The first-order valence-corrected chi connectivity index (χ1v) is 10.1. The van der Waals surface area contributed by atoms with E-state index in [2.05, 4.69) is 10.6 Å². The van der Waals surface area contributed by atoms with E-state index in [4.69, 9.17) is 17.0 Å². The summed E-state index contributed by atoms with van der Waals surface area (Å²) in [6.07, 6.45) is 1.06. The number of carbonyl (C=O) groups is 2. The number of methoxy groups -OCH3 is 1. The van der Waals surface area contributed by atoms with Crippen molar-refractivity contribution in [1.82, 2.24) is 10.2 Å². The van der Waals surface area contributed by atoms with Gasteiger partial charge in [-0.3, -0.25) is 4.79 Å². The lowest BCUT2D eigenvalue weighted by Crippen LogP contribution is -2.46. The molecule has 1 aliphatic rings. The molecule has 0 saturated carbocycles. The van der Waals surface area contributed by atoms with Gasteiger partial charge >= 0.3 is 5.97 Å². The molecule has 1 heterocycles. The molecule has 0 bridgehead atoms. The minimum absolute atomic E-state index is 0.0669. The number of esters is 1. The number of allylic oxidation sites excluding steroid dienone is 1. The number of ether oxygens (including phenoxy) is 1. The minimum Gasteiger partial charge on any atom is -0.466 e. The van der Waals surface area contributed by atoms with Gasteiger partial charge in [0.1, 0.15) is 0 Å². The fourth-order valence-corrected chi connectivity index (χ4v) is 3.64. The van der Waals surface area contributed by atoms with Crippen LogP contribution in [0.15, 0.2) is 65.9 Å². The maximum absolute atomic E-state index is 12.4. The van der Waals surface area contributed by atoms with Crippen LogP contribution < -0.4 is 10.6 Å². The van der Waals surface area contributed by atoms with E-state index in [-0.39, 0.29) is 5.91 Å². The van der Waals surface area contributed by atoms with Gasteiger partial charge in [-0.2, -0.15) is 0 Å². The normalized spacial score (nSPS) is 16.2. The standard InChI is InChI=1S/C23H25N3O3S/c1-15-20(22(28)29-3)21(25-23(30)26(15)2)17-10-7-11-18(14-17)24-19(27)13-12-16-8-5-4-6-9-16/h4-11,14,21H,12-13H2,1-3H3,(H,24,27)(H,25,30). The van der Waals surface area contributed by atoms with Gasteiger partial charge in [0.05, 0.1) is 18.7 Å². The number of thiocarbonyl (C=S) groups is 1. The Hall–Kier alpha value is -3.19. The number of hydrogen-bond donors (Lipinski definition) is 2. The molecule has 0 saturated heterocycles. The Morgan fingerprint density at radius 3 is 2.60 bits per heavy atom. The number of aryl methyl sites for hydroxylation is 1. The second kappa shape index (κ2) is 9.54. The summed E-state index contributed by atoms with van der Waals surface area (Å²) in [6.45, 7) is 1.83. The number of amides is 1. The third-order valence-corrected chi connectivity index (χ3v) is 5.54. The first kappa shape index (κ1) is 21.5.